The van der Waals surface area contributed by atoms with Gasteiger partial charge in [0.15, 0.2) is 0 Å². The van der Waals surface area contributed by atoms with Crippen molar-refractivity contribution >= 4 is 6.29 Å². The number of ether oxygens (including phenoxy) is 1. The van der Waals surface area contributed by atoms with Crippen LogP contribution in [0.1, 0.15) is 18.9 Å². The van der Waals surface area contributed by atoms with Gasteiger partial charge in [-0.15, -0.1) is 0 Å². The maximum absolute atomic E-state index is 13.0. The second-order valence-corrected chi connectivity index (χ2v) is 3.50. The molecule has 0 heterocycles. The maximum Gasteiger partial charge on any atom is 0.429 e. The lowest BCUT2D eigenvalue weighted by Crippen LogP contribution is -2.46. The van der Waals surface area contributed by atoms with E-state index >= 15 is 0 Å². The van der Waals surface area contributed by atoms with Gasteiger partial charge < -0.3 is 4.74 Å². The fourth-order valence-electron chi connectivity index (χ4n) is 1.40. The Kier molecular flexibility index (Phi) is 4.28. The van der Waals surface area contributed by atoms with Crippen molar-refractivity contribution in [2.24, 2.45) is 0 Å². The minimum absolute atomic E-state index is 0.163. The van der Waals surface area contributed by atoms with Crippen LogP contribution in [0, 0.1) is 0 Å². The fraction of sp³-hybridized carbons (Fsp3) is 0.417. The summed E-state index contributed by atoms with van der Waals surface area (Å²) in [5, 5.41) is 0. The van der Waals surface area contributed by atoms with Gasteiger partial charge in [-0.05, 0) is 6.42 Å². The zero-order chi connectivity index (χ0) is 12.9. The van der Waals surface area contributed by atoms with E-state index in [0.717, 1.165) is 6.29 Å². The quantitative estimate of drug-likeness (QED) is 0.797. The fourth-order valence-corrected chi connectivity index (χ4v) is 1.40. The molecule has 1 aromatic carbocycles. The molecule has 0 fully saturated rings. The Balaban J connectivity index is 3.22. The lowest BCUT2D eigenvalue weighted by Gasteiger charge is -2.30. The summed E-state index contributed by atoms with van der Waals surface area (Å²) in [6.07, 6.45) is -3.44. The van der Waals surface area contributed by atoms with Crippen molar-refractivity contribution < 1.29 is 22.7 Å². The number of carbonyl (C=O) groups excluding carboxylic acids is 1. The van der Waals surface area contributed by atoms with Crippen molar-refractivity contribution in [2.75, 3.05) is 6.61 Å². The Labute approximate surface area is 97.4 Å². The molecule has 17 heavy (non-hydrogen) atoms. The van der Waals surface area contributed by atoms with Gasteiger partial charge in [0.2, 0.25) is 6.29 Å². The van der Waals surface area contributed by atoms with E-state index in [1.54, 1.807) is 13.0 Å². The third-order valence-corrected chi connectivity index (χ3v) is 2.25. The molecule has 2 nitrogen and oxygen atoms in total. The van der Waals surface area contributed by atoms with Gasteiger partial charge in [-0.1, -0.05) is 37.3 Å². The van der Waals surface area contributed by atoms with Crippen molar-refractivity contribution in [1.82, 2.24) is 0 Å². The first-order valence-electron chi connectivity index (χ1n) is 5.13. The number of hydrogen-bond donors (Lipinski definition) is 0. The number of hydrogen-bond acceptors (Lipinski definition) is 2. The Hall–Kier alpha value is -1.36. The minimum Gasteiger partial charge on any atom is -0.354 e. The second kappa shape index (κ2) is 5.31. The molecule has 0 saturated carbocycles. The third kappa shape index (κ3) is 2.66. The molecule has 0 saturated heterocycles. The highest BCUT2D eigenvalue weighted by atomic mass is 19.4. The summed E-state index contributed by atoms with van der Waals surface area (Å²) in [6, 6.07) is 6.81. The van der Waals surface area contributed by atoms with Gasteiger partial charge in [-0.25, -0.2) is 0 Å². The maximum atomic E-state index is 13.0. The minimum atomic E-state index is -4.83. The average molecular weight is 245 g/mol. The normalized spacial score (nSPS) is 15.3. The molecule has 0 amide bonds. The molecule has 1 rings (SSSR count). The van der Waals surface area contributed by atoms with E-state index in [1.807, 2.05) is 0 Å². The molecule has 0 aliphatic carbocycles. The van der Waals surface area contributed by atoms with E-state index < -0.39 is 11.8 Å². The van der Waals surface area contributed by atoms with Crippen LogP contribution in [0.4, 0.5) is 13.2 Å². The predicted octanol–water partition coefficient (Wildman–Crippen LogP) is 2.98. The van der Waals surface area contributed by atoms with E-state index in [9.17, 15) is 18.0 Å². The largest absolute Gasteiger partial charge is 0.429 e. The molecule has 5 heteroatoms. The van der Waals surface area contributed by atoms with Crippen LogP contribution in [0.15, 0.2) is 30.3 Å². The standard InChI is InChI=1S/C12H12F3O2/c1-2-8-17-11(9-16,12(13,14)15)10-6-4-3-5-7-10/h3-7H,2,8H2,1H3. The van der Waals surface area contributed by atoms with Crippen molar-refractivity contribution in [3.8, 4) is 0 Å². The van der Waals surface area contributed by atoms with Gasteiger partial charge in [0.1, 0.15) is 0 Å². The molecule has 1 unspecified atom stereocenters. The molecule has 1 aromatic rings. The summed E-state index contributed by atoms with van der Waals surface area (Å²) in [6.45, 7) is 1.50. The summed E-state index contributed by atoms with van der Waals surface area (Å²) in [4.78, 5) is 10.8. The molecule has 0 N–H and O–H groups in total. The number of alkyl halides is 3. The van der Waals surface area contributed by atoms with Crippen LogP contribution in [0.3, 0.4) is 0 Å². The molecule has 0 bridgehead atoms. The van der Waals surface area contributed by atoms with E-state index in [0.29, 0.717) is 6.42 Å². The summed E-state index contributed by atoms with van der Waals surface area (Å²) in [7, 11) is 0. The van der Waals surface area contributed by atoms with Gasteiger partial charge in [0.25, 0.3) is 5.60 Å². The third-order valence-electron chi connectivity index (χ3n) is 2.25. The van der Waals surface area contributed by atoms with Crippen LogP contribution in [0.5, 0.6) is 0 Å². The molecule has 0 aliphatic rings. The van der Waals surface area contributed by atoms with E-state index in [4.69, 9.17) is 4.74 Å². The molecule has 93 valence electrons. The monoisotopic (exact) mass is 245 g/mol. The van der Waals surface area contributed by atoms with Crippen molar-refractivity contribution in [1.29, 1.82) is 0 Å². The summed E-state index contributed by atoms with van der Waals surface area (Å²) in [5.41, 5.74) is -3.24. The Morgan fingerprint density at radius 3 is 2.24 bits per heavy atom. The zero-order valence-electron chi connectivity index (χ0n) is 9.25. The first-order valence-corrected chi connectivity index (χ1v) is 5.13. The molecule has 1 atom stereocenters. The summed E-state index contributed by atoms with van der Waals surface area (Å²) < 4.78 is 43.7. The Morgan fingerprint density at radius 1 is 1.24 bits per heavy atom. The second-order valence-electron chi connectivity index (χ2n) is 3.50. The molecule has 0 aliphatic heterocycles. The van der Waals surface area contributed by atoms with Crippen LogP contribution in [0.2, 0.25) is 0 Å². The van der Waals surface area contributed by atoms with Gasteiger partial charge in [0, 0.05) is 12.2 Å². The topological polar surface area (TPSA) is 26.3 Å². The number of rotatable bonds is 5. The van der Waals surface area contributed by atoms with Gasteiger partial charge in [0.05, 0.1) is 0 Å². The lowest BCUT2D eigenvalue weighted by molar-refractivity contribution is -0.253. The van der Waals surface area contributed by atoms with Crippen LogP contribution in [-0.2, 0) is 15.1 Å². The molecular formula is C12H12F3O2. The first kappa shape index (κ1) is 13.7. The SMILES string of the molecule is CCCOC([C]=O)(c1ccccc1)C(F)(F)F. The lowest BCUT2D eigenvalue weighted by atomic mass is 9.94. The highest BCUT2D eigenvalue weighted by Crippen LogP contribution is 2.40. The van der Waals surface area contributed by atoms with E-state index in [-0.39, 0.29) is 12.2 Å². The Morgan fingerprint density at radius 2 is 1.82 bits per heavy atom. The van der Waals surface area contributed by atoms with Gasteiger partial charge in [-0.3, -0.25) is 4.79 Å². The average Bonchev–Trinajstić information content (AvgIpc) is 2.30. The molecule has 1 radical (unpaired) electrons. The van der Waals surface area contributed by atoms with Crippen LogP contribution >= 0.6 is 0 Å². The first-order chi connectivity index (χ1) is 7.98. The van der Waals surface area contributed by atoms with Crippen molar-refractivity contribution in [2.45, 2.75) is 25.1 Å². The smallest absolute Gasteiger partial charge is 0.354 e. The molecule has 0 spiro atoms. The summed E-state index contributed by atoms with van der Waals surface area (Å²) in [5.74, 6) is 0. The number of benzene rings is 1. The van der Waals surface area contributed by atoms with Crippen LogP contribution < -0.4 is 0 Å². The predicted molar refractivity (Wildman–Crippen MR) is 56.1 cm³/mol. The highest BCUT2D eigenvalue weighted by Gasteiger charge is 2.58. The van der Waals surface area contributed by atoms with Gasteiger partial charge >= 0.3 is 6.18 Å². The zero-order valence-corrected chi connectivity index (χ0v) is 9.25. The van der Waals surface area contributed by atoms with Crippen LogP contribution in [-0.4, -0.2) is 19.1 Å². The molecule has 0 aromatic heterocycles. The van der Waals surface area contributed by atoms with E-state index in [1.165, 1.54) is 24.3 Å². The van der Waals surface area contributed by atoms with Crippen LogP contribution in [0.25, 0.3) is 0 Å². The number of halogens is 3. The highest BCUT2D eigenvalue weighted by molar-refractivity contribution is 5.68. The Bertz CT molecular complexity index is 362. The molecular weight excluding hydrogens is 233 g/mol. The van der Waals surface area contributed by atoms with Gasteiger partial charge in [-0.2, -0.15) is 13.2 Å². The van der Waals surface area contributed by atoms with Crippen molar-refractivity contribution in [3.05, 3.63) is 35.9 Å². The van der Waals surface area contributed by atoms with Crippen molar-refractivity contribution in [3.63, 3.8) is 0 Å². The summed E-state index contributed by atoms with van der Waals surface area (Å²) >= 11 is 0. The van der Waals surface area contributed by atoms with E-state index in [2.05, 4.69) is 0 Å².